The summed E-state index contributed by atoms with van der Waals surface area (Å²) in [4.78, 5) is 11.4. The molecule has 1 rings (SSSR count). The Hall–Kier alpha value is -1.61. The van der Waals surface area contributed by atoms with E-state index in [1.807, 2.05) is 0 Å². The van der Waals surface area contributed by atoms with Crippen molar-refractivity contribution >= 4 is 5.97 Å². The van der Waals surface area contributed by atoms with Gasteiger partial charge in [-0.2, -0.15) is 0 Å². The molecule has 0 fully saturated rings. The number of ether oxygens (including phenoxy) is 2. The van der Waals surface area contributed by atoms with E-state index in [9.17, 15) is 20.1 Å². The number of hydrogen-bond donors (Lipinski definition) is 5. The number of carbonyl (C=O) groups is 1. The fourth-order valence-corrected chi connectivity index (χ4v) is 1.84. The lowest BCUT2D eigenvalue weighted by molar-refractivity contribution is -0.169. The third-order valence-corrected chi connectivity index (χ3v) is 2.73. The van der Waals surface area contributed by atoms with E-state index in [1.165, 1.54) is 0 Å². The van der Waals surface area contributed by atoms with Gasteiger partial charge in [0.25, 0.3) is 0 Å². The highest BCUT2D eigenvalue weighted by Gasteiger charge is 2.55. The molecule has 8 nitrogen and oxygen atoms in total. The topological polar surface area (TPSA) is 137 Å². The molecule has 5 N–H and O–H groups in total. The minimum atomic E-state index is -1.98. The molecule has 8 heteroatoms. The quantitative estimate of drug-likeness (QED) is 0.274. The van der Waals surface area contributed by atoms with Crippen molar-refractivity contribution in [3.8, 4) is 0 Å². The van der Waals surface area contributed by atoms with E-state index in [1.54, 1.807) is 0 Å². The highest BCUT2D eigenvalue weighted by molar-refractivity contribution is 5.90. The Morgan fingerprint density at radius 2 is 2.00 bits per heavy atom. The molecule has 1 heterocycles. The lowest BCUT2D eigenvalue weighted by atomic mass is 9.88. The first-order chi connectivity index (χ1) is 8.92. The first kappa shape index (κ1) is 15.4. The standard InChI is InChI=1S/C11H16O8/c1-2-18-9-8(16)10(17)19-11(9,7(15)5-13)3-6(14)4-12/h2,6-7,12-16H,1,3-5H2/t6?,7-,11+/m0/s1. The van der Waals surface area contributed by atoms with Crippen LogP contribution in [0.4, 0.5) is 0 Å². The second kappa shape index (κ2) is 6.02. The molecule has 1 aliphatic heterocycles. The van der Waals surface area contributed by atoms with Crippen molar-refractivity contribution in [1.82, 2.24) is 0 Å². The van der Waals surface area contributed by atoms with Crippen molar-refractivity contribution in [3.05, 3.63) is 24.4 Å². The van der Waals surface area contributed by atoms with Crippen LogP contribution in [0.15, 0.2) is 24.4 Å². The molecule has 1 unspecified atom stereocenters. The number of aliphatic hydroxyl groups is 5. The first-order valence-electron chi connectivity index (χ1n) is 5.45. The summed E-state index contributed by atoms with van der Waals surface area (Å²) in [5, 5.41) is 46.7. The first-order valence-corrected chi connectivity index (χ1v) is 5.45. The second-order valence-electron chi connectivity index (χ2n) is 3.98. The van der Waals surface area contributed by atoms with Gasteiger partial charge in [-0.3, -0.25) is 0 Å². The van der Waals surface area contributed by atoms with Gasteiger partial charge in [-0.15, -0.1) is 0 Å². The van der Waals surface area contributed by atoms with Gasteiger partial charge in [0.15, 0.2) is 5.76 Å². The van der Waals surface area contributed by atoms with Crippen molar-refractivity contribution in [2.45, 2.75) is 24.2 Å². The lowest BCUT2D eigenvalue weighted by Crippen LogP contribution is -2.50. The molecule has 1 aliphatic rings. The van der Waals surface area contributed by atoms with Crippen LogP contribution >= 0.6 is 0 Å². The molecule has 108 valence electrons. The lowest BCUT2D eigenvalue weighted by Gasteiger charge is -2.34. The van der Waals surface area contributed by atoms with Crippen LogP contribution in [0.2, 0.25) is 0 Å². The molecule has 0 radical (unpaired) electrons. The minimum Gasteiger partial charge on any atom is -0.499 e. The van der Waals surface area contributed by atoms with E-state index in [2.05, 4.69) is 6.58 Å². The van der Waals surface area contributed by atoms with Crippen molar-refractivity contribution in [1.29, 1.82) is 0 Å². The Bertz CT molecular complexity index is 390. The fourth-order valence-electron chi connectivity index (χ4n) is 1.84. The van der Waals surface area contributed by atoms with Gasteiger partial charge in [0.05, 0.1) is 25.6 Å². The predicted octanol–water partition coefficient (Wildman–Crippen LogP) is -1.69. The van der Waals surface area contributed by atoms with E-state index in [0.717, 1.165) is 6.26 Å². The molecule has 0 amide bonds. The van der Waals surface area contributed by atoms with Crippen molar-refractivity contribution in [3.63, 3.8) is 0 Å². The summed E-state index contributed by atoms with van der Waals surface area (Å²) in [7, 11) is 0. The van der Waals surface area contributed by atoms with Gasteiger partial charge in [-0.1, -0.05) is 6.58 Å². The highest BCUT2D eigenvalue weighted by Crippen LogP contribution is 2.39. The second-order valence-corrected chi connectivity index (χ2v) is 3.98. The molecule has 0 aromatic carbocycles. The fraction of sp³-hybridized carbons (Fsp3) is 0.545. The highest BCUT2D eigenvalue weighted by atomic mass is 16.6. The Labute approximate surface area is 108 Å². The van der Waals surface area contributed by atoms with E-state index in [-0.39, 0.29) is 0 Å². The van der Waals surface area contributed by atoms with Crippen LogP contribution in [0.5, 0.6) is 0 Å². The SMILES string of the molecule is C=COC1=C(O)C(=O)O[C@]1(CC(O)CO)[C@@H](O)CO. The van der Waals surface area contributed by atoms with Crippen LogP contribution in [0.3, 0.4) is 0 Å². The Morgan fingerprint density at radius 3 is 2.47 bits per heavy atom. The molecular weight excluding hydrogens is 260 g/mol. The zero-order chi connectivity index (χ0) is 14.6. The molecule has 0 saturated heterocycles. The zero-order valence-corrected chi connectivity index (χ0v) is 10.0. The smallest absolute Gasteiger partial charge is 0.378 e. The van der Waals surface area contributed by atoms with Crippen LogP contribution in [-0.2, 0) is 14.3 Å². The summed E-state index contributed by atoms with van der Waals surface area (Å²) < 4.78 is 9.69. The number of carbonyl (C=O) groups excluding carboxylic acids is 1. The van der Waals surface area contributed by atoms with E-state index in [4.69, 9.17) is 19.7 Å². The molecule has 0 aliphatic carbocycles. The summed E-state index contributed by atoms with van der Waals surface area (Å²) in [6.45, 7) is 1.76. The number of rotatable bonds is 7. The van der Waals surface area contributed by atoms with Crippen molar-refractivity contribution < 1.29 is 39.8 Å². The zero-order valence-electron chi connectivity index (χ0n) is 10.0. The minimum absolute atomic E-state index is 0.468. The van der Waals surface area contributed by atoms with Gasteiger partial charge in [-0.25, -0.2) is 4.79 Å². The maximum absolute atomic E-state index is 11.4. The monoisotopic (exact) mass is 276 g/mol. The molecule has 0 bridgehead atoms. The summed E-state index contributed by atoms with van der Waals surface area (Å²) in [5.74, 6) is -2.53. The summed E-state index contributed by atoms with van der Waals surface area (Å²) in [6.07, 6.45) is -2.59. The van der Waals surface area contributed by atoms with Gasteiger partial charge in [-0.05, 0) is 0 Å². The van der Waals surface area contributed by atoms with Gasteiger partial charge in [0.1, 0.15) is 6.10 Å². The Kier molecular flexibility index (Phi) is 4.90. The summed E-state index contributed by atoms with van der Waals surface area (Å²) >= 11 is 0. The third kappa shape index (κ3) is 2.71. The van der Waals surface area contributed by atoms with Crippen LogP contribution in [0, 0.1) is 0 Å². The molecular formula is C11H16O8. The van der Waals surface area contributed by atoms with Gasteiger partial charge in [0.2, 0.25) is 11.4 Å². The average Bonchev–Trinajstić information content (AvgIpc) is 2.63. The van der Waals surface area contributed by atoms with Crippen molar-refractivity contribution in [2.75, 3.05) is 13.2 Å². The number of aliphatic hydroxyl groups excluding tert-OH is 5. The molecule has 3 atom stereocenters. The van der Waals surface area contributed by atoms with Gasteiger partial charge >= 0.3 is 5.97 Å². The van der Waals surface area contributed by atoms with E-state index >= 15 is 0 Å². The maximum Gasteiger partial charge on any atom is 0.378 e. The van der Waals surface area contributed by atoms with Gasteiger partial charge < -0.3 is 35.0 Å². The van der Waals surface area contributed by atoms with Crippen LogP contribution in [0.1, 0.15) is 6.42 Å². The van der Waals surface area contributed by atoms with Gasteiger partial charge in [0, 0.05) is 6.42 Å². The molecule has 0 saturated carbocycles. The van der Waals surface area contributed by atoms with Crippen LogP contribution in [-0.4, -0.2) is 62.5 Å². The van der Waals surface area contributed by atoms with Crippen LogP contribution in [0.25, 0.3) is 0 Å². The summed E-state index contributed by atoms with van der Waals surface area (Å²) in [5.41, 5.74) is -1.98. The van der Waals surface area contributed by atoms with E-state index < -0.39 is 54.9 Å². The average molecular weight is 276 g/mol. The van der Waals surface area contributed by atoms with Crippen molar-refractivity contribution in [2.24, 2.45) is 0 Å². The molecule has 0 aromatic heterocycles. The number of esters is 1. The maximum atomic E-state index is 11.4. The molecule has 0 spiro atoms. The third-order valence-electron chi connectivity index (χ3n) is 2.73. The largest absolute Gasteiger partial charge is 0.499 e. The number of hydrogen-bond acceptors (Lipinski definition) is 8. The normalized spacial score (nSPS) is 26.0. The van der Waals surface area contributed by atoms with E-state index in [0.29, 0.717) is 0 Å². The van der Waals surface area contributed by atoms with Crippen LogP contribution < -0.4 is 0 Å². The predicted molar refractivity (Wildman–Crippen MR) is 60.6 cm³/mol. The Morgan fingerprint density at radius 1 is 1.37 bits per heavy atom. The molecule has 0 aromatic rings. The molecule has 19 heavy (non-hydrogen) atoms. The summed E-state index contributed by atoms with van der Waals surface area (Å²) in [6, 6.07) is 0. The Balaban J connectivity index is 3.23. The number of cyclic esters (lactones) is 1.